The van der Waals surface area contributed by atoms with Crippen LogP contribution in [0.4, 0.5) is 18.9 Å². The Morgan fingerprint density at radius 1 is 0.968 bits per heavy atom. The van der Waals surface area contributed by atoms with Gasteiger partial charge in [-0.3, -0.25) is 14.8 Å². The SMILES string of the molecule is O=C(CCCCCC(OCc1ccc(C(F)(F)F)cc1)C(=O)Nc1ccccc1)NO. The van der Waals surface area contributed by atoms with E-state index in [0.717, 1.165) is 12.1 Å². The van der Waals surface area contributed by atoms with Crippen LogP contribution < -0.4 is 10.8 Å². The number of halogens is 3. The highest BCUT2D eigenvalue weighted by Crippen LogP contribution is 2.29. The topological polar surface area (TPSA) is 87.7 Å². The number of hydrogen-bond donors (Lipinski definition) is 3. The smallest absolute Gasteiger partial charge is 0.364 e. The first-order valence-electron chi connectivity index (χ1n) is 9.86. The number of benzene rings is 2. The van der Waals surface area contributed by atoms with Crippen LogP contribution in [0.25, 0.3) is 0 Å². The Bertz CT molecular complexity index is 827. The molecule has 9 heteroatoms. The molecule has 3 N–H and O–H groups in total. The van der Waals surface area contributed by atoms with Crippen molar-refractivity contribution in [2.75, 3.05) is 5.32 Å². The van der Waals surface area contributed by atoms with Crippen LogP contribution in [0.15, 0.2) is 54.6 Å². The molecule has 2 amide bonds. The molecule has 1 unspecified atom stereocenters. The lowest BCUT2D eigenvalue weighted by Crippen LogP contribution is -2.30. The van der Waals surface area contributed by atoms with E-state index in [1.165, 1.54) is 12.1 Å². The summed E-state index contributed by atoms with van der Waals surface area (Å²) in [5.74, 6) is -0.830. The van der Waals surface area contributed by atoms with Crippen molar-refractivity contribution in [2.45, 2.75) is 51.0 Å². The van der Waals surface area contributed by atoms with E-state index in [4.69, 9.17) is 9.94 Å². The second-order valence-electron chi connectivity index (χ2n) is 6.98. The number of hydroxylamine groups is 1. The molecule has 0 fully saturated rings. The normalized spacial score (nSPS) is 12.3. The molecular weight excluding hydrogens is 413 g/mol. The van der Waals surface area contributed by atoms with Crippen LogP contribution >= 0.6 is 0 Å². The van der Waals surface area contributed by atoms with Crippen LogP contribution in [-0.4, -0.2) is 23.1 Å². The van der Waals surface area contributed by atoms with Crippen molar-refractivity contribution in [1.29, 1.82) is 0 Å². The van der Waals surface area contributed by atoms with Crippen molar-refractivity contribution >= 4 is 17.5 Å². The van der Waals surface area contributed by atoms with Crippen molar-refractivity contribution in [1.82, 2.24) is 5.48 Å². The lowest BCUT2D eigenvalue weighted by atomic mass is 10.1. The summed E-state index contributed by atoms with van der Waals surface area (Å²) < 4.78 is 43.8. The summed E-state index contributed by atoms with van der Waals surface area (Å²) in [4.78, 5) is 23.7. The fourth-order valence-electron chi connectivity index (χ4n) is 2.87. The van der Waals surface area contributed by atoms with Gasteiger partial charge in [0.15, 0.2) is 0 Å². The van der Waals surface area contributed by atoms with Gasteiger partial charge in [-0.05, 0) is 42.7 Å². The van der Waals surface area contributed by atoms with Gasteiger partial charge in [0.05, 0.1) is 12.2 Å². The number of ether oxygens (including phenoxy) is 1. The maximum absolute atomic E-state index is 12.7. The fraction of sp³-hybridized carbons (Fsp3) is 0.364. The maximum atomic E-state index is 12.7. The number of unbranched alkanes of at least 4 members (excludes halogenated alkanes) is 2. The van der Waals surface area contributed by atoms with Crippen molar-refractivity contribution < 1.29 is 32.7 Å². The molecule has 0 aliphatic rings. The minimum atomic E-state index is -4.41. The Morgan fingerprint density at radius 2 is 1.65 bits per heavy atom. The molecule has 0 bridgehead atoms. The molecule has 6 nitrogen and oxygen atoms in total. The molecule has 31 heavy (non-hydrogen) atoms. The number of carbonyl (C=O) groups is 2. The van der Waals surface area contributed by atoms with Gasteiger partial charge in [0.2, 0.25) is 5.91 Å². The average Bonchev–Trinajstić information content (AvgIpc) is 2.75. The van der Waals surface area contributed by atoms with Gasteiger partial charge in [0.1, 0.15) is 6.10 Å². The molecule has 0 radical (unpaired) electrons. The molecule has 2 aromatic rings. The van der Waals surface area contributed by atoms with E-state index in [2.05, 4.69) is 5.32 Å². The Labute approximate surface area is 178 Å². The van der Waals surface area contributed by atoms with Crippen LogP contribution in [0.5, 0.6) is 0 Å². The minimum absolute atomic E-state index is 0.0159. The summed E-state index contributed by atoms with van der Waals surface area (Å²) in [6.45, 7) is -0.0159. The van der Waals surface area contributed by atoms with Gasteiger partial charge in [0, 0.05) is 12.1 Å². The second kappa shape index (κ2) is 12.1. The third-order valence-electron chi connectivity index (χ3n) is 4.56. The number of hydrogen-bond acceptors (Lipinski definition) is 4. The Hall–Kier alpha value is -2.91. The first-order chi connectivity index (χ1) is 14.8. The number of carbonyl (C=O) groups excluding carboxylic acids is 2. The van der Waals surface area contributed by atoms with Crippen LogP contribution in [0, 0.1) is 0 Å². The third kappa shape index (κ3) is 8.77. The van der Waals surface area contributed by atoms with Crippen LogP contribution in [0.1, 0.15) is 43.2 Å². The standard InChI is InChI=1S/C22H25F3N2O4/c23-22(24,25)17-13-11-16(12-14-17)15-31-19(9-5-2-6-10-20(28)27-30)21(29)26-18-7-3-1-4-8-18/h1,3-4,7-8,11-14,19,30H,2,5-6,9-10,15H2,(H,26,29)(H,27,28). The molecule has 1 atom stereocenters. The zero-order chi connectivity index (χ0) is 22.7. The molecular formula is C22H25F3N2O4. The second-order valence-corrected chi connectivity index (χ2v) is 6.98. The predicted molar refractivity (Wildman–Crippen MR) is 108 cm³/mol. The highest BCUT2D eigenvalue weighted by molar-refractivity contribution is 5.94. The van der Waals surface area contributed by atoms with E-state index < -0.39 is 23.8 Å². The summed E-state index contributed by atoms with van der Waals surface area (Å²) >= 11 is 0. The number of anilines is 1. The quantitative estimate of drug-likeness (QED) is 0.270. The monoisotopic (exact) mass is 438 g/mol. The molecule has 0 aliphatic heterocycles. The summed E-state index contributed by atoms with van der Waals surface area (Å²) in [5.41, 5.74) is 1.94. The number of nitrogens with one attached hydrogen (secondary N) is 2. The molecule has 0 saturated carbocycles. The molecule has 0 saturated heterocycles. The van der Waals surface area contributed by atoms with Gasteiger partial charge in [-0.2, -0.15) is 13.2 Å². The summed E-state index contributed by atoms with van der Waals surface area (Å²) in [6.07, 6.45) is -2.90. The molecule has 0 aliphatic carbocycles. The molecule has 168 valence electrons. The lowest BCUT2D eigenvalue weighted by molar-refractivity contribution is -0.137. The van der Waals surface area contributed by atoms with Crippen LogP contribution in [-0.2, 0) is 27.1 Å². The van der Waals surface area contributed by atoms with Crippen LogP contribution in [0.3, 0.4) is 0 Å². The van der Waals surface area contributed by atoms with E-state index in [1.807, 2.05) is 6.07 Å². The van der Waals surface area contributed by atoms with Crippen molar-refractivity contribution in [2.24, 2.45) is 0 Å². The van der Waals surface area contributed by atoms with E-state index in [1.54, 1.807) is 29.7 Å². The first kappa shape index (κ1) is 24.4. The Kier molecular flexibility index (Phi) is 9.48. The fourth-order valence-corrected chi connectivity index (χ4v) is 2.87. The lowest BCUT2D eigenvalue weighted by Gasteiger charge is -2.18. The highest BCUT2D eigenvalue weighted by Gasteiger charge is 2.30. The zero-order valence-electron chi connectivity index (χ0n) is 16.8. The van der Waals surface area contributed by atoms with Crippen LogP contribution in [0.2, 0.25) is 0 Å². The zero-order valence-corrected chi connectivity index (χ0v) is 16.8. The van der Waals surface area contributed by atoms with Crippen molar-refractivity contribution in [3.63, 3.8) is 0 Å². The molecule has 2 rings (SSSR count). The molecule has 2 aromatic carbocycles. The van der Waals surface area contributed by atoms with Crippen molar-refractivity contribution in [3.8, 4) is 0 Å². The highest BCUT2D eigenvalue weighted by atomic mass is 19.4. The number of para-hydroxylation sites is 1. The molecule has 0 heterocycles. The van der Waals surface area contributed by atoms with Gasteiger partial charge in [-0.1, -0.05) is 43.2 Å². The summed E-state index contributed by atoms with van der Waals surface area (Å²) in [7, 11) is 0. The van der Waals surface area contributed by atoms with Gasteiger partial charge >= 0.3 is 6.18 Å². The number of alkyl halides is 3. The van der Waals surface area contributed by atoms with E-state index in [9.17, 15) is 22.8 Å². The van der Waals surface area contributed by atoms with E-state index >= 15 is 0 Å². The molecule has 0 spiro atoms. The van der Waals surface area contributed by atoms with Gasteiger partial charge in [-0.25, -0.2) is 5.48 Å². The number of amides is 2. The largest absolute Gasteiger partial charge is 0.416 e. The predicted octanol–water partition coefficient (Wildman–Crippen LogP) is 4.69. The average molecular weight is 438 g/mol. The first-order valence-corrected chi connectivity index (χ1v) is 9.86. The van der Waals surface area contributed by atoms with Gasteiger partial charge in [-0.15, -0.1) is 0 Å². The van der Waals surface area contributed by atoms with Gasteiger partial charge in [0.25, 0.3) is 5.91 Å². The number of rotatable bonds is 11. The van der Waals surface area contributed by atoms with Gasteiger partial charge < -0.3 is 10.1 Å². The van der Waals surface area contributed by atoms with E-state index in [0.29, 0.717) is 36.9 Å². The summed E-state index contributed by atoms with van der Waals surface area (Å²) in [5, 5.41) is 11.3. The van der Waals surface area contributed by atoms with E-state index in [-0.39, 0.29) is 18.9 Å². The maximum Gasteiger partial charge on any atom is 0.416 e. The van der Waals surface area contributed by atoms with Crippen molar-refractivity contribution in [3.05, 3.63) is 65.7 Å². The minimum Gasteiger partial charge on any atom is -0.364 e. The Morgan fingerprint density at radius 3 is 2.26 bits per heavy atom. The Balaban J connectivity index is 1.94. The molecule has 0 aromatic heterocycles. The summed E-state index contributed by atoms with van der Waals surface area (Å²) in [6, 6.07) is 13.4. The third-order valence-corrected chi connectivity index (χ3v) is 4.56.